The molecule has 0 aliphatic rings. The summed E-state index contributed by atoms with van der Waals surface area (Å²) in [6.07, 6.45) is 2.10. The summed E-state index contributed by atoms with van der Waals surface area (Å²) in [6.45, 7) is 6.78. The number of nitrogens with zero attached hydrogens (tertiary/aromatic N) is 3. The van der Waals surface area contributed by atoms with Gasteiger partial charge in [-0.2, -0.15) is 26.7 Å². The molecule has 18 heavy (non-hydrogen) atoms. The molecule has 3 N–H and O–H groups in total. The van der Waals surface area contributed by atoms with Crippen molar-refractivity contribution >= 4 is 23.7 Å². The van der Waals surface area contributed by atoms with Gasteiger partial charge in [-0.15, -0.1) is 0 Å². The van der Waals surface area contributed by atoms with Crippen molar-refractivity contribution in [1.29, 1.82) is 0 Å². The molecule has 0 aromatic carbocycles. The van der Waals surface area contributed by atoms with E-state index in [1.165, 1.54) is 0 Å². The van der Waals surface area contributed by atoms with Crippen molar-refractivity contribution in [3.8, 4) is 6.01 Å². The van der Waals surface area contributed by atoms with Crippen LogP contribution in [0.25, 0.3) is 0 Å². The van der Waals surface area contributed by atoms with Gasteiger partial charge in [-0.3, -0.25) is 0 Å². The summed E-state index contributed by atoms with van der Waals surface area (Å²) in [6, 6.07) is 0.262. The molecule has 7 heteroatoms. The van der Waals surface area contributed by atoms with E-state index in [0.29, 0.717) is 11.9 Å². The second kappa shape index (κ2) is 7.25. The summed E-state index contributed by atoms with van der Waals surface area (Å²) in [5, 5.41) is 3.15. The summed E-state index contributed by atoms with van der Waals surface area (Å²) in [4.78, 5) is 12.1. The van der Waals surface area contributed by atoms with Crippen LogP contribution in [0.3, 0.4) is 0 Å². The maximum Gasteiger partial charge on any atom is 0.323 e. The number of thioether (sulfide) groups is 1. The third-order valence-corrected chi connectivity index (χ3v) is 2.94. The number of rotatable bonds is 7. The van der Waals surface area contributed by atoms with Crippen LogP contribution in [0, 0.1) is 5.92 Å². The van der Waals surface area contributed by atoms with Gasteiger partial charge in [-0.25, -0.2) is 0 Å². The number of nitrogens with two attached hydrogens (primary N) is 1. The molecule has 1 heterocycles. The molecule has 0 bridgehead atoms. The highest BCUT2D eigenvalue weighted by Gasteiger charge is 2.08. The van der Waals surface area contributed by atoms with Gasteiger partial charge >= 0.3 is 6.01 Å². The largest absolute Gasteiger partial charge is 0.461 e. The molecule has 0 amide bonds. The monoisotopic (exact) mass is 271 g/mol. The fraction of sp³-hybridized carbons (Fsp3) is 0.727. The first-order valence-electron chi connectivity index (χ1n) is 5.92. The normalized spacial score (nSPS) is 12.5. The molecule has 1 rings (SSSR count). The second-order valence-electron chi connectivity index (χ2n) is 4.41. The van der Waals surface area contributed by atoms with Crippen LogP contribution in [0.2, 0.25) is 0 Å². The quantitative estimate of drug-likeness (QED) is 0.779. The molecule has 102 valence electrons. The Bertz CT molecular complexity index is 374. The molecule has 0 spiro atoms. The average molecular weight is 271 g/mol. The molecular formula is C11H21N5OS. The molecule has 1 aromatic rings. The Balaban J connectivity index is 2.62. The van der Waals surface area contributed by atoms with Gasteiger partial charge in [-0.1, -0.05) is 6.92 Å². The Kier molecular flexibility index (Phi) is 5.97. The molecular weight excluding hydrogens is 250 g/mol. The summed E-state index contributed by atoms with van der Waals surface area (Å²) in [5.41, 5.74) is 5.61. The number of hydrogen-bond acceptors (Lipinski definition) is 7. The van der Waals surface area contributed by atoms with Gasteiger partial charge in [-0.05, 0) is 31.8 Å². The Morgan fingerprint density at radius 1 is 1.28 bits per heavy atom. The third-order valence-electron chi connectivity index (χ3n) is 2.03. The molecule has 0 fully saturated rings. The first-order valence-corrected chi connectivity index (χ1v) is 7.31. The van der Waals surface area contributed by atoms with E-state index in [2.05, 4.69) is 33.4 Å². The number of anilines is 2. The standard InChI is InChI=1S/C11H21N5OS/c1-7(2)17-11-15-9(12)14-10(16-11)13-5-8(3)6-18-4/h7-8H,5-6H2,1-4H3,(H3,12,13,14,15,16). The molecule has 0 saturated heterocycles. The van der Waals surface area contributed by atoms with E-state index in [0.717, 1.165) is 12.3 Å². The highest BCUT2D eigenvalue weighted by Crippen LogP contribution is 2.11. The van der Waals surface area contributed by atoms with Gasteiger partial charge in [0.2, 0.25) is 11.9 Å². The predicted octanol–water partition coefficient (Wildman–Crippen LogP) is 1.65. The van der Waals surface area contributed by atoms with E-state index in [-0.39, 0.29) is 18.1 Å². The molecule has 0 saturated carbocycles. The van der Waals surface area contributed by atoms with Crippen LogP contribution in [0.15, 0.2) is 0 Å². The lowest BCUT2D eigenvalue weighted by atomic mass is 10.2. The van der Waals surface area contributed by atoms with Gasteiger partial charge in [0.15, 0.2) is 0 Å². The molecule has 6 nitrogen and oxygen atoms in total. The number of aromatic nitrogens is 3. The van der Waals surface area contributed by atoms with Crippen LogP contribution in [0.4, 0.5) is 11.9 Å². The minimum absolute atomic E-state index is 0.00932. The fourth-order valence-electron chi connectivity index (χ4n) is 1.32. The van der Waals surface area contributed by atoms with Crippen LogP contribution >= 0.6 is 11.8 Å². The Morgan fingerprint density at radius 2 is 2.00 bits per heavy atom. The smallest absolute Gasteiger partial charge is 0.323 e. The first-order chi connectivity index (χ1) is 8.51. The molecule has 1 atom stereocenters. The van der Waals surface area contributed by atoms with Crippen LogP contribution in [0.5, 0.6) is 6.01 Å². The van der Waals surface area contributed by atoms with Crippen molar-refractivity contribution in [2.75, 3.05) is 29.6 Å². The van der Waals surface area contributed by atoms with Crippen LogP contribution in [-0.4, -0.2) is 39.6 Å². The van der Waals surface area contributed by atoms with E-state index in [1.54, 1.807) is 0 Å². The second-order valence-corrected chi connectivity index (χ2v) is 5.32. The van der Waals surface area contributed by atoms with Crippen LogP contribution in [-0.2, 0) is 0 Å². The zero-order valence-electron chi connectivity index (χ0n) is 11.3. The number of nitrogens with one attached hydrogen (secondary N) is 1. The summed E-state index contributed by atoms with van der Waals surface area (Å²) < 4.78 is 5.40. The van der Waals surface area contributed by atoms with Crippen molar-refractivity contribution < 1.29 is 4.74 Å². The predicted molar refractivity (Wildman–Crippen MR) is 76.0 cm³/mol. The van der Waals surface area contributed by atoms with Gasteiger partial charge in [0.05, 0.1) is 6.10 Å². The van der Waals surface area contributed by atoms with Crippen molar-refractivity contribution in [2.45, 2.75) is 26.9 Å². The topological polar surface area (TPSA) is 86.0 Å². The summed E-state index contributed by atoms with van der Waals surface area (Å²) in [5.74, 6) is 2.25. The fourth-order valence-corrected chi connectivity index (χ4v) is 2.01. The lowest BCUT2D eigenvalue weighted by Crippen LogP contribution is -2.17. The maximum atomic E-state index is 5.61. The number of nitrogen functional groups attached to an aromatic ring is 1. The van der Waals surface area contributed by atoms with Crippen molar-refractivity contribution in [3.05, 3.63) is 0 Å². The van der Waals surface area contributed by atoms with E-state index in [9.17, 15) is 0 Å². The van der Waals surface area contributed by atoms with Gasteiger partial charge in [0, 0.05) is 6.54 Å². The van der Waals surface area contributed by atoms with Gasteiger partial charge in [0.1, 0.15) is 0 Å². The van der Waals surface area contributed by atoms with Crippen LogP contribution in [0.1, 0.15) is 20.8 Å². The number of hydrogen-bond donors (Lipinski definition) is 2. The molecule has 1 aromatic heterocycles. The first kappa shape index (κ1) is 14.8. The zero-order valence-corrected chi connectivity index (χ0v) is 12.1. The van der Waals surface area contributed by atoms with Crippen molar-refractivity contribution in [1.82, 2.24) is 15.0 Å². The van der Waals surface area contributed by atoms with E-state index in [4.69, 9.17) is 10.5 Å². The Labute approximate surface area is 112 Å². The SMILES string of the molecule is CSCC(C)CNc1nc(N)nc(OC(C)C)n1. The van der Waals surface area contributed by atoms with Crippen molar-refractivity contribution in [2.24, 2.45) is 5.92 Å². The Morgan fingerprint density at radius 3 is 2.61 bits per heavy atom. The molecule has 0 radical (unpaired) electrons. The minimum atomic E-state index is 0.00932. The average Bonchev–Trinajstić information content (AvgIpc) is 2.25. The van der Waals surface area contributed by atoms with Gasteiger partial charge in [0.25, 0.3) is 0 Å². The summed E-state index contributed by atoms with van der Waals surface area (Å²) >= 11 is 1.82. The zero-order chi connectivity index (χ0) is 13.5. The third kappa shape index (κ3) is 5.39. The van der Waals surface area contributed by atoms with Gasteiger partial charge < -0.3 is 15.8 Å². The van der Waals surface area contributed by atoms with Crippen molar-refractivity contribution in [3.63, 3.8) is 0 Å². The van der Waals surface area contributed by atoms with E-state index >= 15 is 0 Å². The minimum Gasteiger partial charge on any atom is -0.461 e. The number of ether oxygens (including phenoxy) is 1. The van der Waals surface area contributed by atoms with E-state index < -0.39 is 0 Å². The highest BCUT2D eigenvalue weighted by molar-refractivity contribution is 7.98. The lowest BCUT2D eigenvalue weighted by molar-refractivity contribution is 0.222. The van der Waals surface area contributed by atoms with Crippen LogP contribution < -0.4 is 15.8 Å². The maximum absolute atomic E-state index is 5.61. The molecule has 0 aliphatic carbocycles. The summed E-state index contributed by atoms with van der Waals surface area (Å²) in [7, 11) is 0. The lowest BCUT2D eigenvalue weighted by Gasteiger charge is -2.12. The molecule has 0 aliphatic heterocycles. The molecule has 1 unspecified atom stereocenters. The highest BCUT2D eigenvalue weighted by atomic mass is 32.2. The Hall–Kier alpha value is -1.24. The van der Waals surface area contributed by atoms with E-state index in [1.807, 2.05) is 25.6 Å².